The molecule has 0 atom stereocenters. The van der Waals surface area contributed by atoms with Gasteiger partial charge < -0.3 is 10.6 Å². The Morgan fingerprint density at radius 3 is 2.75 bits per heavy atom. The molecule has 108 valence electrons. The van der Waals surface area contributed by atoms with Gasteiger partial charge in [0, 0.05) is 18.0 Å². The third kappa shape index (κ3) is 3.47. The standard InChI is InChI=1S/C16H23N3S/c1-2-20-16-5-3-4-15(14(16)12-18)19-10-7-13(6-9-17)8-11-19/h3-5,13H,2,6-11,17H2,1H3. The molecule has 0 spiro atoms. The molecule has 1 fully saturated rings. The monoisotopic (exact) mass is 289 g/mol. The molecule has 0 bridgehead atoms. The van der Waals surface area contributed by atoms with Crippen molar-refractivity contribution in [2.75, 3.05) is 30.3 Å². The van der Waals surface area contributed by atoms with Gasteiger partial charge in [0.2, 0.25) is 0 Å². The first-order valence-corrected chi connectivity index (χ1v) is 8.39. The van der Waals surface area contributed by atoms with Gasteiger partial charge in [-0.2, -0.15) is 5.26 Å². The van der Waals surface area contributed by atoms with E-state index in [1.165, 1.54) is 12.8 Å². The van der Waals surface area contributed by atoms with Crippen molar-refractivity contribution in [1.29, 1.82) is 5.26 Å². The summed E-state index contributed by atoms with van der Waals surface area (Å²) in [6, 6.07) is 8.61. The van der Waals surface area contributed by atoms with Crippen LogP contribution in [0.25, 0.3) is 0 Å². The maximum absolute atomic E-state index is 9.49. The Kier molecular flexibility index (Phi) is 5.75. The minimum atomic E-state index is 0.759. The van der Waals surface area contributed by atoms with Gasteiger partial charge in [-0.05, 0) is 49.6 Å². The molecule has 0 aromatic heterocycles. The van der Waals surface area contributed by atoms with Crippen molar-refractivity contribution in [3.05, 3.63) is 23.8 Å². The van der Waals surface area contributed by atoms with E-state index < -0.39 is 0 Å². The highest BCUT2D eigenvalue weighted by Gasteiger charge is 2.21. The van der Waals surface area contributed by atoms with Gasteiger partial charge in [-0.25, -0.2) is 0 Å². The Morgan fingerprint density at radius 2 is 2.15 bits per heavy atom. The van der Waals surface area contributed by atoms with Gasteiger partial charge in [-0.1, -0.05) is 13.0 Å². The van der Waals surface area contributed by atoms with Crippen LogP contribution in [0.5, 0.6) is 0 Å². The molecule has 20 heavy (non-hydrogen) atoms. The summed E-state index contributed by atoms with van der Waals surface area (Å²) in [5.74, 6) is 1.76. The molecule has 4 heteroatoms. The molecule has 0 saturated carbocycles. The third-order valence-electron chi connectivity index (χ3n) is 3.95. The van der Waals surface area contributed by atoms with Crippen LogP contribution in [-0.2, 0) is 0 Å². The Labute approximate surface area is 126 Å². The zero-order valence-corrected chi connectivity index (χ0v) is 13.0. The smallest absolute Gasteiger partial charge is 0.103 e. The van der Waals surface area contributed by atoms with E-state index in [1.54, 1.807) is 11.8 Å². The molecule has 1 aliphatic rings. The summed E-state index contributed by atoms with van der Waals surface area (Å²) in [5.41, 5.74) is 7.60. The first-order valence-electron chi connectivity index (χ1n) is 7.41. The Hall–Kier alpha value is -1.18. The molecular formula is C16H23N3S. The average Bonchev–Trinajstić information content (AvgIpc) is 2.48. The molecule has 0 aliphatic carbocycles. The van der Waals surface area contributed by atoms with Crippen molar-refractivity contribution in [3.63, 3.8) is 0 Å². The number of piperidine rings is 1. The third-order valence-corrected chi connectivity index (χ3v) is 4.89. The number of nitrogens with two attached hydrogens (primary N) is 1. The van der Waals surface area contributed by atoms with Crippen LogP contribution in [0.4, 0.5) is 5.69 Å². The fraction of sp³-hybridized carbons (Fsp3) is 0.562. The molecule has 1 saturated heterocycles. The summed E-state index contributed by atoms with van der Waals surface area (Å²) in [4.78, 5) is 3.47. The van der Waals surface area contributed by atoms with Crippen LogP contribution in [0.2, 0.25) is 0 Å². The lowest BCUT2D eigenvalue weighted by Crippen LogP contribution is -2.34. The predicted octanol–water partition coefficient (Wildman–Crippen LogP) is 3.24. The lowest BCUT2D eigenvalue weighted by molar-refractivity contribution is 0.386. The zero-order valence-electron chi connectivity index (χ0n) is 12.1. The van der Waals surface area contributed by atoms with Crippen LogP contribution < -0.4 is 10.6 Å². The van der Waals surface area contributed by atoms with Crippen LogP contribution >= 0.6 is 11.8 Å². The highest BCUT2D eigenvalue weighted by Crippen LogP contribution is 2.32. The summed E-state index contributed by atoms with van der Waals surface area (Å²) in [6.45, 7) is 4.99. The van der Waals surface area contributed by atoms with Gasteiger partial charge in [0.1, 0.15) is 6.07 Å². The summed E-state index contributed by atoms with van der Waals surface area (Å²) in [7, 11) is 0. The molecule has 0 amide bonds. The normalized spacial score (nSPS) is 16.1. The quantitative estimate of drug-likeness (QED) is 0.846. The maximum Gasteiger partial charge on any atom is 0.103 e. The second-order valence-corrected chi connectivity index (χ2v) is 6.51. The van der Waals surface area contributed by atoms with Crippen molar-refractivity contribution in [1.82, 2.24) is 0 Å². The van der Waals surface area contributed by atoms with E-state index in [0.717, 1.165) is 53.9 Å². The number of nitriles is 1. The summed E-state index contributed by atoms with van der Waals surface area (Å²) in [6.07, 6.45) is 3.51. The van der Waals surface area contributed by atoms with Gasteiger partial charge >= 0.3 is 0 Å². The van der Waals surface area contributed by atoms with Crippen LogP contribution in [0.15, 0.2) is 23.1 Å². The van der Waals surface area contributed by atoms with E-state index in [4.69, 9.17) is 5.73 Å². The number of hydrogen-bond acceptors (Lipinski definition) is 4. The van der Waals surface area contributed by atoms with E-state index >= 15 is 0 Å². The second-order valence-electron chi connectivity index (χ2n) is 5.20. The molecule has 1 aromatic carbocycles. The van der Waals surface area contributed by atoms with Crippen molar-refractivity contribution < 1.29 is 0 Å². The minimum Gasteiger partial charge on any atom is -0.370 e. The molecule has 0 radical (unpaired) electrons. The van der Waals surface area contributed by atoms with Crippen molar-refractivity contribution in [3.8, 4) is 6.07 Å². The van der Waals surface area contributed by atoms with Crippen LogP contribution in [0, 0.1) is 17.2 Å². The molecule has 2 N–H and O–H groups in total. The van der Waals surface area contributed by atoms with Gasteiger partial charge in [0.05, 0.1) is 11.3 Å². The number of benzene rings is 1. The largest absolute Gasteiger partial charge is 0.370 e. The fourth-order valence-corrected chi connectivity index (χ4v) is 3.65. The number of anilines is 1. The van der Waals surface area contributed by atoms with Crippen molar-refractivity contribution >= 4 is 17.4 Å². The molecular weight excluding hydrogens is 266 g/mol. The number of rotatable bonds is 5. The maximum atomic E-state index is 9.49. The highest BCUT2D eigenvalue weighted by atomic mass is 32.2. The molecule has 1 heterocycles. The summed E-state index contributed by atoms with van der Waals surface area (Å²) >= 11 is 1.75. The molecule has 1 aromatic rings. The molecule has 1 aliphatic heterocycles. The van der Waals surface area contributed by atoms with Crippen LogP contribution in [-0.4, -0.2) is 25.4 Å². The SMILES string of the molecule is CCSc1cccc(N2CCC(CCN)CC2)c1C#N. The molecule has 0 unspecified atom stereocenters. The van der Waals surface area contributed by atoms with E-state index in [2.05, 4.69) is 36.1 Å². The van der Waals surface area contributed by atoms with E-state index in [0.29, 0.717) is 0 Å². The Bertz CT molecular complexity index is 473. The summed E-state index contributed by atoms with van der Waals surface area (Å²) < 4.78 is 0. The Morgan fingerprint density at radius 1 is 1.40 bits per heavy atom. The van der Waals surface area contributed by atoms with Gasteiger partial charge in [0.15, 0.2) is 0 Å². The lowest BCUT2D eigenvalue weighted by atomic mass is 9.93. The van der Waals surface area contributed by atoms with E-state index in [9.17, 15) is 5.26 Å². The number of thioether (sulfide) groups is 1. The van der Waals surface area contributed by atoms with E-state index in [1.807, 2.05) is 0 Å². The first-order chi connectivity index (χ1) is 9.80. The van der Waals surface area contributed by atoms with Gasteiger partial charge in [-0.3, -0.25) is 0 Å². The second kappa shape index (κ2) is 7.56. The van der Waals surface area contributed by atoms with Crippen molar-refractivity contribution in [2.24, 2.45) is 11.7 Å². The fourth-order valence-electron chi connectivity index (χ4n) is 2.87. The minimum absolute atomic E-state index is 0.759. The topological polar surface area (TPSA) is 53.0 Å². The van der Waals surface area contributed by atoms with Gasteiger partial charge in [-0.15, -0.1) is 11.8 Å². The van der Waals surface area contributed by atoms with Gasteiger partial charge in [0.25, 0.3) is 0 Å². The van der Waals surface area contributed by atoms with Crippen LogP contribution in [0.1, 0.15) is 31.7 Å². The average molecular weight is 289 g/mol. The molecule has 3 nitrogen and oxygen atoms in total. The van der Waals surface area contributed by atoms with Crippen molar-refractivity contribution in [2.45, 2.75) is 31.1 Å². The van der Waals surface area contributed by atoms with Crippen LogP contribution in [0.3, 0.4) is 0 Å². The Balaban J connectivity index is 2.14. The predicted molar refractivity (Wildman–Crippen MR) is 86.2 cm³/mol. The number of nitrogens with zero attached hydrogens (tertiary/aromatic N) is 2. The first kappa shape index (κ1) is 15.2. The zero-order chi connectivity index (χ0) is 14.4. The number of hydrogen-bond donors (Lipinski definition) is 1. The molecule has 2 rings (SSSR count). The summed E-state index contributed by atoms with van der Waals surface area (Å²) in [5, 5.41) is 9.49. The highest BCUT2D eigenvalue weighted by molar-refractivity contribution is 7.99. The lowest BCUT2D eigenvalue weighted by Gasteiger charge is -2.34. The van der Waals surface area contributed by atoms with E-state index in [-0.39, 0.29) is 0 Å².